The number of halogens is 2. The molecular weight excluding hydrogens is 535 g/mol. The predicted molar refractivity (Wildman–Crippen MR) is 115 cm³/mol. The van der Waals surface area contributed by atoms with Crippen LogP contribution in [0.2, 0.25) is 5.02 Å². The van der Waals surface area contributed by atoms with E-state index in [4.69, 9.17) is 21.4 Å². The molecule has 150 valence electrons. The average molecular weight is 549 g/mol. The fraction of sp³-hybridized carbons (Fsp3) is 0.105. The van der Waals surface area contributed by atoms with Gasteiger partial charge in [-0.3, -0.25) is 0 Å². The zero-order valence-corrected chi connectivity index (χ0v) is 19.9. The van der Waals surface area contributed by atoms with Gasteiger partial charge in [-0.15, -0.1) is 0 Å². The second-order valence-electron chi connectivity index (χ2n) is 6.03. The van der Waals surface area contributed by atoms with Crippen LogP contribution < -0.4 is 4.74 Å². The third-order valence-corrected chi connectivity index (χ3v) is 9.45. The Morgan fingerprint density at radius 2 is 2.13 bits per heavy atom. The number of hydrogen-bond donors (Lipinski definition) is 1. The molecule has 1 N–H and O–H groups in total. The van der Waals surface area contributed by atoms with Crippen molar-refractivity contribution in [1.82, 2.24) is 19.9 Å². The van der Waals surface area contributed by atoms with Crippen LogP contribution in [0.5, 0.6) is 11.8 Å². The Labute approximate surface area is 190 Å². The number of aryl methyl sites for hydroxylation is 1. The molecule has 2 aromatic heterocycles. The Hall–Kier alpha value is -2.08. The van der Waals surface area contributed by atoms with E-state index in [1.807, 2.05) is 13.0 Å². The van der Waals surface area contributed by atoms with Gasteiger partial charge < -0.3 is 0 Å². The van der Waals surface area contributed by atoms with Crippen molar-refractivity contribution in [3.8, 4) is 11.8 Å². The zero-order chi connectivity index (χ0) is 21.1. The molecule has 4 rings (SSSR count). The first-order valence-corrected chi connectivity index (χ1v) is 12.9. The van der Waals surface area contributed by atoms with E-state index in [2.05, 4.69) is 29.0 Å². The van der Waals surface area contributed by atoms with Crippen molar-refractivity contribution in [2.24, 2.45) is 4.99 Å². The molecule has 0 bridgehead atoms. The Balaban J connectivity index is 1.54. The van der Waals surface area contributed by atoms with E-state index < -0.39 is 27.0 Å². The maximum atomic E-state index is 14.0. The molecule has 7 nitrogen and oxygen atoms in total. The first kappa shape index (κ1) is 21.2. The average Bonchev–Trinajstić information content (AvgIpc) is 3.20. The fourth-order valence-electron chi connectivity index (χ4n) is 2.45. The normalized spacial score (nSPS) is 14.8. The van der Waals surface area contributed by atoms with Crippen LogP contribution >= 0.6 is 23.4 Å². The molecule has 0 atom stereocenters. The number of hydrogen-bond acceptors (Lipinski definition) is 8. The van der Waals surface area contributed by atoms with Gasteiger partial charge in [-0.2, -0.15) is 0 Å². The van der Waals surface area contributed by atoms with Crippen molar-refractivity contribution in [3.63, 3.8) is 0 Å². The van der Waals surface area contributed by atoms with E-state index >= 15 is 0 Å². The molecule has 0 unspecified atom stereocenters. The SMILES string of the molecule is Cc1cc(C2=[CH][Sn][C](=Nc3cnc(CO)cn3)S2)nc(Oc2c(F)cccc2Cl)n1. The molecule has 0 fully saturated rings. The Bertz CT molecular complexity index is 1140. The van der Waals surface area contributed by atoms with Gasteiger partial charge in [0.1, 0.15) is 0 Å². The quantitative estimate of drug-likeness (QED) is 0.480. The molecule has 1 aromatic carbocycles. The summed E-state index contributed by atoms with van der Waals surface area (Å²) in [6.45, 7) is 1.66. The predicted octanol–water partition coefficient (Wildman–Crippen LogP) is 4.09. The molecule has 3 aromatic rings. The Morgan fingerprint density at radius 3 is 2.87 bits per heavy atom. The summed E-state index contributed by atoms with van der Waals surface area (Å²) in [7, 11) is 0. The van der Waals surface area contributed by atoms with E-state index in [-0.39, 0.29) is 23.4 Å². The van der Waals surface area contributed by atoms with E-state index in [1.165, 1.54) is 42.4 Å². The summed E-state index contributed by atoms with van der Waals surface area (Å²) >= 11 is 6.52. The van der Waals surface area contributed by atoms with Gasteiger partial charge in [-0.1, -0.05) is 0 Å². The molecule has 0 aliphatic carbocycles. The number of rotatable bonds is 5. The number of aromatic nitrogens is 4. The number of thioether (sulfide) groups is 1. The van der Waals surface area contributed by atoms with Crippen LogP contribution in [0.1, 0.15) is 17.1 Å². The summed E-state index contributed by atoms with van der Waals surface area (Å²) in [5, 5.41) is 9.20. The third-order valence-electron chi connectivity index (χ3n) is 3.80. The molecule has 0 saturated carbocycles. The van der Waals surface area contributed by atoms with E-state index in [1.54, 1.807) is 0 Å². The summed E-state index contributed by atoms with van der Waals surface area (Å²) in [6, 6.07) is 6.17. The summed E-state index contributed by atoms with van der Waals surface area (Å²) in [5.41, 5.74) is 1.86. The zero-order valence-electron chi connectivity index (χ0n) is 15.5. The molecule has 30 heavy (non-hydrogen) atoms. The molecule has 0 spiro atoms. The third kappa shape index (κ3) is 4.97. The van der Waals surface area contributed by atoms with Gasteiger partial charge in [0, 0.05) is 0 Å². The van der Waals surface area contributed by atoms with Crippen molar-refractivity contribution >= 4 is 58.3 Å². The van der Waals surface area contributed by atoms with Gasteiger partial charge in [0.05, 0.1) is 0 Å². The topological polar surface area (TPSA) is 93.4 Å². The molecule has 0 amide bonds. The fourth-order valence-corrected chi connectivity index (χ4v) is 7.72. The number of para-hydroxylation sites is 1. The summed E-state index contributed by atoms with van der Waals surface area (Å²) in [4.78, 5) is 22.4. The molecule has 1 aliphatic rings. The Kier molecular flexibility index (Phi) is 6.61. The molecular formula is C19H13ClFN5O2SSn. The van der Waals surface area contributed by atoms with Crippen molar-refractivity contribution in [3.05, 3.63) is 68.7 Å². The van der Waals surface area contributed by atoms with Gasteiger partial charge >= 0.3 is 191 Å². The molecule has 0 saturated heterocycles. The monoisotopic (exact) mass is 549 g/mol. The van der Waals surface area contributed by atoms with Crippen LogP contribution in [0.4, 0.5) is 10.2 Å². The van der Waals surface area contributed by atoms with E-state index in [0.717, 1.165) is 7.96 Å². The number of aliphatic hydroxyl groups is 1. The van der Waals surface area contributed by atoms with Gasteiger partial charge in [0.2, 0.25) is 0 Å². The van der Waals surface area contributed by atoms with Crippen molar-refractivity contribution in [2.75, 3.05) is 0 Å². The number of aliphatic hydroxyl groups excluding tert-OH is 1. The Morgan fingerprint density at radius 1 is 1.27 bits per heavy atom. The van der Waals surface area contributed by atoms with Crippen LogP contribution in [0.15, 0.2) is 45.7 Å². The number of benzene rings is 1. The van der Waals surface area contributed by atoms with Crippen LogP contribution in [-0.4, -0.2) is 49.2 Å². The van der Waals surface area contributed by atoms with Gasteiger partial charge in [0.15, 0.2) is 0 Å². The summed E-state index contributed by atoms with van der Waals surface area (Å²) in [6.07, 6.45) is 3.04. The van der Waals surface area contributed by atoms with Crippen molar-refractivity contribution in [1.29, 1.82) is 0 Å². The standard InChI is InChI=1S/C19H13ClFN5O2S.Sn/c1-11-6-16(12(2)29-10-24-17-8-22-13(9-27)7-23-17)26-19(25-11)28-18-14(20)4-3-5-15(18)21;/h2-8,27H,9H2,1H3;. The number of aliphatic imine (C=N–C) groups is 1. The van der Waals surface area contributed by atoms with Crippen LogP contribution in [0.3, 0.4) is 0 Å². The molecule has 11 heteroatoms. The van der Waals surface area contributed by atoms with E-state index in [9.17, 15) is 4.39 Å². The first-order chi connectivity index (χ1) is 14.5. The number of ether oxygens (including phenoxy) is 1. The van der Waals surface area contributed by atoms with Crippen LogP contribution in [0, 0.1) is 12.7 Å². The minimum atomic E-state index is -1.04. The summed E-state index contributed by atoms with van der Waals surface area (Å²) < 4.78 is 22.7. The maximum absolute atomic E-state index is 14.0. The second kappa shape index (κ2) is 9.38. The first-order valence-electron chi connectivity index (χ1n) is 8.65. The van der Waals surface area contributed by atoms with Gasteiger partial charge in [-0.25, -0.2) is 0 Å². The molecule has 3 heterocycles. The molecule has 2 radical (unpaired) electrons. The van der Waals surface area contributed by atoms with Gasteiger partial charge in [-0.05, 0) is 0 Å². The van der Waals surface area contributed by atoms with Crippen LogP contribution in [-0.2, 0) is 6.61 Å². The summed E-state index contributed by atoms with van der Waals surface area (Å²) in [5.74, 6) is -0.185. The minimum absolute atomic E-state index is 0.0275. The van der Waals surface area contributed by atoms with Crippen molar-refractivity contribution < 1.29 is 14.2 Å². The molecule has 1 aliphatic heterocycles. The van der Waals surface area contributed by atoms with Gasteiger partial charge in [0.25, 0.3) is 0 Å². The second-order valence-corrected chi connectivity index (χ2v) is 11.5. The van der Waals surface area contributed by atoms with Crippen LogP contribution in [0.25, 0.3) is 4.91 Å². The van der Waals surface area contributed by atoms with Crippen molar-refractivity contribution in [2.45, 2.75) is 13.5 Å². The number of nitrogens with zero attached hydrogens (tertiary/aromatic N) is 5. The van der Waals surface area contributed by atoms with E-state index in [0.29, 0.717) is 22.9 Å².